The number of pyridine rings is 8. The summed E-state index contributed by atoms with van der Waals surface area (Å²) in [6.07, 6.45) is 14.1. The molecule has 86 heavy (non-hydrogen) atoms. The standard InChI is InChI=1S/4C10H8N2.2C6H7AsO6S.ClHO4.2Mn.3H2O/c4*1-3-7-11-9(5-1)10-6-2-4-8-12-10;2*8-7(9,10)5-3-1-2-4-6(5)14(11,12)13;2-1(3,4)5;;;;;/h4*1-8H;2*1-4H,(H2,8,9,10)(H,11,12,13);(H,2,3,4,5);;;3*1H2/q;;;;;;;2*+2;;;/p-4. The summed E-state index contributed by atoms with van der Waals surface area (Å²) in [4.78, 5) is 31.7. The molecule has 2 radical (unpaired) electrons. The van der Waals surface area contributed by atoms with Gasteiger partial charge in [0.25, 0.3) is 0 Å². The van der Waals surface area contributed by atoms with Crippen molar-refractivity contribution in [2.75, 3.05) is 0 Å². The molecular formula is C52H49As2ClMn2N8O19S2. The Morgan fingerprint density at radius 1 is 0.326 bits per heavy atom. The average Bonchev–Trinajstić information content (AvgIpc) is 1.67. The van der Waals surface area contributed by atoms with E-state index >= 15 is 0 Å². The van der Waals surface area contributed by atoms with Gasteiger partial charge in [0.2, 0.25) is 0 Å². The summed E-state index contributed by atoms with van der Waals surface area (Å²) < 4.78 is 155. The molecule has 0 fully saturated rings. The summed E-state index contributed by atoms with van der Waals surface area (Å²) in [7, 11) is -14.7. The minimum absolute atomic E-state index is 0. The number of hydrogen-bond acceptors (Lipinski definition) is 21. The second kappa shape index (κ2) is 40.4. The number of hydrogen-bond donors (Lipinski definition) is 3. The molecule has 27 nitrogen and oxygen atoms in total. The fourth-order valence-electron chi connectivity index (χ4n) is 5.93. The second-order valence-electron chi connectivity index (χ2n) is 15.0. The van der Waals surface area contributed by atoms with Crippen molar-refractivity contribution >= 4 is 57.3 Å². The van der Waals surface area contributed by atoms with Crippen LogP contribution in [0.25, 0.3) is 45.6 Å². The van der Waals surface area contributed by atoms with E-state index in [1.54, 1.807) is 49.6 Å². The first kappa shape index (κ1) is 81.1. The fraction of sp³-hybridized carbons (Fsp3) is 0. The van der Waals surface area contributed by atoms with Gasteiger partial charge in [-0.3, -0.25) is 39.9 Å². The van der Waals surface area contributed by atoms with Gasteiger partial charge < -0.3 is 16.4 Å². The number of aromatic nitrogens is 8. The summed E-state index contributed by atoms with van der Waals surface area (Å²) in [6, 6.07) is 54.8. The number of halogens is 1. The van der Waals surface area contributed by atoms with E-state index < -0.39 is 77.3 Å². The average molecular weight is 1450 g/mol. The summed E-state index contributed by atoms with van der Waals surface area (Å²) in [6.45, 7) is 0. The fourth-order valence-corrected chi connectivity index (χ4v) is 12.4. The van der Waals surface area contributed by atoms with Crippen LogP contribution in [-0.2, 0) is 61.9 Å². The molecule has 0 spiro atoms. The van der Waals surface area contributed by atoms with Crippen LogP contribution in [0.1, 0.15) is 0 Å². The van der Waals surface area contributed by atoms with Crippen molar-refractivity contribution in [1.29, 1.82) is 0 Å². The van der Waals surface area contributed by atoms with Gasteiger partial charge in [-0.15, -0.1) is 10.2 Å². The number of nitrogens with zero attached hydrogens (tertiary/aromatic N) is 8. The Morgan fingerprint density at radius 2 is 0.488 bits per heavy atom. The van der Waals surface area contributed by atoms with Crippen molar-refractivity contribution in [3.63, 3.8) is 0 Å². The molecule has 8 aromatic heterocycles. The van der Waals surface area contributed by atoms with Crippen LogP contribution >= 0.6 is 0 Å². The van der Waals surface area contributed by atoms with Crippen molar-refractivity contribution in [3.05, 3.63) is 244 Å². The Labute approximate surface area is 521 Å². The number of benzene rings is 2. The molecule has 0 aliphatic carbocycles. The van der Waals surface area contributed by atoms with Gasteiger partial charge in [-0.1, -0.05) is 48.5 Å². The van der Waals surface area contributed by atoms with Crippen LogP contribution in [0.15, 0.2) is 253 Å². The van der Waals surface area contributed by atoms with Crippen molar-refractivity contribution in [2.24, 2.45) is 0 Å². The van der Waals surface area contributed by atoms with E-state index in [4.69, 9.17) is 30.9 Å². The SMILES string of the molecule is O.O.O.O=S(=O)([O-])c1ccccc1[As](=O)(O)O.O=S(=O)([O-])c1ccccc1[As](=O)([O-])O.[Mn+2].[Mn+2].[O-][Cl+3]([O-])([O-])[O-].c1ccc(-c2ccccn2)nc1.c1ccc(-c2ccccn2)nc1.c1ccc(-c2ccccn2)nc1.c1ccc(-c2ccccn2)nc1. The van der Waals surface area contributed by atoms with E-state index in [1.165, 1.54) is 24.3 Å². The van der Waals surface area contributed by atoms with Gasteiger partial charge in [-0.25, -0.2) is 18.6 Å². The van der Waals surface area contributed by atoms with Crippen LogP contribution < -0.4 is 31.4 Å². The van der Waals surface area contributed by atoms with Gasteiger partial charge in [0.15, 0.2) is 0 Å². The van der Waals surface area contributed by atoms with E-state index in [0.29, 0.717) is 0 Å². The Morgan fingerprint density at radius 3 is 0.616 bits per heavy atom. The minimum atomic E-state index is -5.61. The van der Waals surface area contributed by atoms with Gasteiger partial charge in [0, 0.05) is 49.6 Å². The molecular weight excluding hydrogens is 1400 g/mol. The molecule has 0 amide bonds. The molecule has 454 valence electrons. The summed E-state index contributed by atoms with van der Waals surface area (Å²) in [5, 5.41) is 0. The molecule has 10 aromatic rings. The normalized spacial score (nSPS) is 10.8. The minimum Gasteiger partial charge on any atom is -0.255 e. The zero-order valence-corrected chi connectivity index (χ0v) is 52.2. The van der Waals surface area contributed by atoms with Crippen molar-refractivity contribution in [1.82, 2.24) is 39.9 Å². The van der Waals surface area contributed by atoms with Crippen molar-refractivity contribution in [3.8, 4) is 45.6 Å². The van der Waals surface area contributed by atoms with Crippen LogP contribution in [0, 0.1) is 10.2 Å². The van der Waals surface area contributed by atoms with Crippen LogP contribution in [0.3, 0.4) is 0 Å². The molecule has 0 aliphatic heterocycles. The second-order valence-corrected chi connectivity index (χ2v) is 24.9. The van der Waals surface area contributed by atoms with Crippen molar-refractivity contribution in [2.45, 2.75) is 9.79 Å². The molecule has 0 saturated carbocycles. The van der Waals surface area contributed by atoms with Crippen LogP contribution in [0.4, 0.5) is 0 Å². The quantitative estimate of drug-likeness (QED) is 0.101. The maximum atomic E-state index is 10.9. The van der Waals surface area contributed by atoms with Crippen LogP contribution in [0.5, 0.6) is 0 Å². The topological polar surface area (TPSA) is 522 Å². The zero-order valence-electron chi connectivity index (χ0n) is 43.7. The van der Waals surface area contributed by atoms with E-state index in [9.17, 15) is 37.5 Å². The third-order valence-electron chi connectivity index (χ3n) is 9.26. The molecule has 9 N–H and O–H groups in total. The molecule has 1 atom stereocenters. The number of rotatable bonds is 8. The third kappa shape index (κ3) is 31.5. The van der Waals surface area contributed by atoms with Crippen LogP contribution in [-0.4, -0.2) is 123 Å². The first-order valence-electron chi connectivity index (χ1n) is 22.4. The largest absolute Gasteiger partial charge is 2.00 e. The molecule has 10 rings (SSSR count). The Hall–Kier alpha value is -6.93. The summed E-state index contributed by atoms with van der Waals surface area (Å²) in [5.41, 5.74) is 7.32. The maximum Gasteiger partial charge on any atom is 2.00 e. The monoisotopic (exact) mass is 1450 g/mol. The maximum absolute atomic E-state index is 10.9. The molecule has 1 unspecified atom stereocenters. The summed E-state index contributed by atoms with van der Waals surface area (Å²) >= 11 is -11.0. The van der Waals surface area contributed by atoms with E-state index in [0.717, 1.165) is 69.8 Å². The van der Waals surface area contributed by atoms with Crippen molar-refractivity contribution < 1.29 is 129 Å². The Kier molecular flexibility index (Phi) is 38.2. The smallest absolute Gasteiger partial charge is 0.255 e. The summed E-state index contributed by atoms with van der Waals surface area (Å²) in [5.74, 6) is 0. The molecule has 0 bridgehead atoms. The van der Waals surface area contributed by atoms with Gasteiger partial charge in [-0.2, -0.15) is 0 Å². The third-order valence-corrected chi connectivity index (χ3v) is 15.9. The van der Waals surface area contributed by atoms with Crippen LogP contribution in [0.2, 0.25) is 0 Å². The Balaban J connectivity index is 0. The molecule has 2 aromatic carbocycles. The molecule has 8 heterocycles. The Bertz CT molecular complexity index is 3220. The molecule has 0 aliphatic rings. The zero-order chi connectivity index (χ0) is 59.4. The van der Waals surface area contributed by atoms with Gasteiger partial charge >= 0.3 is 200 Å². The molecule has 0 saturated heterocycles. The predicted octanol–water partition coefficient (Wildman–Crippen LogP) is -2.99. The van der Waals surface area contributed by atoms with Gasteiger partial charge in [-0.05, 0) is 97.1 Å². The van der Waals surface area contributed by atoms with Gasteiger partial charge in [0.05, 0.1) is 45.6 Å². The van der Waals surface area contributed by atoms with E-state index in [2.05, 4.69) is 39.9 Å². The predicted molar refractivity (Wildman–Crippen MR) is 288 cm³/mol. The van der Waals surface area contributed by atoms with Gasteiger partial charge in [0.1, 0.15) is 0 Å². The van der Waals surface area contributed by atoms with E-state index in [1.807, 2.05) is 146 Å². The first-order valence-corrected chi connectivity index (χ1v) is 33.2. The van der Waals surface area contributed by atoms with E-state index in [-0.39, 0.29) is 50.6 Å². The first-order chi connectivity index (χ1) is 38.3. The molecule has 34 heteroatoms.